The Bertz CT molecular complexity index is 1520. The van der Waals surface area contributed by atoms with Gasteiger partial charge in [0, 0.05) is 30.8 Å². The summed E-state index contributed by atoms with van der Waals surface area (Å²) in [6.45, 7) is 4.83. The fourth-order valence-electron chi connectivity index (χ4n) is 4.37. The normalized spacial score (nSPS) is 15.9. The van der Waals surface area contributed by atoms with Gasteiger partial charge in [-0.15, -0.1) is 0 Å². The first-order valence-electron chi connectivity index (χ1n) is 11.4. The lowest BCUT2D eigenvalue weighted by molar-refractivity contribution is -0.117. The van der Waals surface area contributed by atoms with Crippen molar-refractivity contribution in [3.63, 3.8) is 0 Å². The van der Waals surface area contributed by atoms with Crippen LogP contribution in [-0.4, -0.2) is 39.3 Å². The Hall–Kier alpha value is -4.21. The van der Waals surface area contributed by atoms with E-state index >= 15 is 0 Å². The summed E-state index contributed by atoms with van der Waals surface area (Å²) in [4.78, 5) is 46.1. The number of nitrogens with zero attached hydrogens (tertiary/aromatic N) is 4. The molecule has 2 aromatic heterocycles. The second-order valence-corrected chi connectivity index (χ2v) is 9.06. The number of methoxy groups -OCH3 is 1. The first kappa shape index (κ1) is 22.6. The molecule has 10 nitrogen and oxygen atoms in total. The number of benzene rings is 2. The van der Waals surface area contributed by atoms with Gasteiger partial charge in [0.2, 0.25) is 17.6 Å². The maximum atomic E-state index is 12.6. The van der Waals surface area contributed by atoms with Gasteiger partial charge < -0.3 is 23.7 Å². The number of amides is 1. The van der Waals surface area contributed by atoms with Gasteiger partial charge in [-0.05, 0) is 48.4 Å². The van der Waals surface area contributed by atoms with Gasteiger partial charge in [0.1, 0.15) is 5.75 Å². The molecule has 3 heterocycles. The third kappa shape index (κ3) is 4.23. The van der Waals surface area contributed by atoms with Crippen LogP contribution in [0.25, 0.3) is 22.4 Å². The molecule has 4 aromatic rings. The quantitative estimate of drug-likeness (QED) is 0.425. The van der Waals surface area contributed by atoms with Gasteiger partial charge in [-0.3, -0.25) is 14.4 Å². The number of ether oxygens (including phenoxy) is 1. The maximum Gasteiger partial charge on any atom is 0.316 e. The van der Waals surface area contributed by atoms with Crippen LogP contribution in [0, 0.1) is 5.92 Å². The number of hydrogen-bond acceptors (Lipinski definition) is 7. The highest BCUT2D eigenvalue weighted by Gasteiger charge is 2.35. The minimum atomic E-state index is -0.674. The van der Waals surface area contributed by atoms with Crippen molar-refractivity contribution in [3.05, 3.63) is 69.1 Å². The van der Waals surface area contributed by atoms with E-state index < -0.39 is 11.1 Å². The summed E-state index contributed by atoms with van der Waals surface area (Å²) >= 11 is 0. The molecule has 180 valence electrons. The Morgan fingerprint density at radius 2 is 1.91 bits per heavy atom. The third-order valence-electron chi connectivity index (χ3n) is 6.08. The molecule has 1 atom stereocenters. The van der Waals surface area contributed by atoms with Gasteiger partial charge in [-0.2, -0.15) is 4.98 Å². The molecule has 1 unspecified atom stereocenters. The van der Waals surface area contributed by atoms with Crippen molar-refractivity contribution in [3.8, 4) is 17.1 Å². The van der Waals surface area contributed by atoms with Crippen molar-refractivity contribution in [1.82, 2.24) is 19.7 Å². The van der Waals surface area contributed by atoms with Crippen LogP contribution in [0.3, 0.4) is 0 Å². The van der Waals surface area contributed by atoms with Gasteiger partial charge in [0.15, 0.2) is 0 Å². The molecule has 35 heavy (non-hydrogen) atoms. The predicted molar refractivity (Wildman–Crippen MR) is 130 cm³/mol. The molecular weight excluding hydrogens is 450 g/mol. The van der Waals surface area contributed by atoms with Crippen molar-refractivity contribution in [2.75, 3.05) is 18.6 Å². The van der Waals surface area contributed by atoms with Crippen LogP contribution in [0.4, 0.5) is 5.69 Å². The van der Waals surface area contributed by atoms with E-state index in [0.29, 0.717) is 41.4 Å². The van der Waals surface area contributed by atoms with Crippen LogP contribution in [-0.2, 0) is 11.3 Å². The topological polar surface area (TPSA) is 123 Å². The number of fused-ring (bicyclic) bond motifs is 1. The zero-order valence-electron chi connectivity index (χ0n) is 19.6. The molecule has 1 N–H and O–H groups in total. The highest BCUT2D eigenvalue weighted by molar-refractivity contribution is 5.96. The Morgan fingerprint density at radius 3 is 2.63 bits per heavy atom. The van der Waals surface area contributed by atoms with E-state index in [9.17, 15) is 14.4 Å². The lowest BCUT2D eigenvalue weighted by Crippen LogP contribution is -2.37. The number of nitrogens with one attached hydrogen (secondary N) is 1. The Labute approximate surface area is 200 Å². The zero-order valence-corrected chi connectivity index (χ0v) is 19.6. The largest absolute Gasteiger partial charge is 0.497 e. The Morgan fingerprint density at radius 1 is 1.14 bits per heavy atom. The average molecular weight is 476 g/mol. The SMILES string of the molecule is COc1ccc(N2CC(c3nc(-c4ccc5c(c4)[nH]c(=O)c(=O)n5CC(C)C)no3)CC2=O)cc1. The van der Waals surface area contributed by atoms with E-state index in [1.165, 1.54) is 4.57 Å². The number of H-pyrrole nitrogens is 1. The van der Waals surface area contributed by atoms with E-state index in [1.807, 2.05) is 38.1 Å². The summed E-state index contributed by atoms with van der Waals surface area (Å²) in [5, 5.41) is 4.10. The van der Waals surface area contributed by atoms with Crippen LogP contribution in [0.5, 0.6) is 5.75 Å². The summed E-state index contributed by atoms with van der Waals surface area (Å²) in [5.41, 5.74) is 1.31. The van der Waals surface area contributed by atoms with E-state index in [0.717, 1.165) is 11.4 Å². The minimum absolute atomic E-state index is 0.0219. The first-order chi connectivity index (χ1) is 16.8. The van der Waals surface area contributed by atoms with E-state index in [-0.39, 0.29) is 24.2 Å². The summed E-state index contributed by atoms with van der Waals surface area (Å²) < 4.78 is 12.2. The third-order valence-corrected chi connectivity index (χ3v) is 6.08. The van der Waals surface area contributed by atoms with Gasteiger partial charge in [-0.1, -0.05) is 19.0 Å². The van der Waals surface area contributed by atoms with Crippen molar-refractivity contribution >= 4 is 22.6 Å². The summed E-state index contributed by atoms with van der Waals surface area (Å²) in [6, 6.07) is 12.6. The Balaban J connectivity index is 1.41. The second kappa shape index (κ2) is 8.86. The van der Waals surface area contributed by atoms with Gasteiger partial charge in [-0.25, -0.2) is 0 Å². The summed E-state index contributed by atoms with van der Waals surface area (Å²) in [7, 11) is 1.59. The molecule has 0 bridgehead atoms. The van der Waals surface area contributed by atoms with Gasteiger partial charge >= 0.3 is 11.1 Å². The fourth-order valence-corrected chi connectivity index (χ4v) is 4.37. The molecule has 1 aliphatic rings. The van der Waals surface area contributed by atoms with Crippen molar-refractivity contribution < 1.29 is 14.1 Å². The van der Waals surface area contributed by atoms with E-state index in [1.54, 1.807) is 30.2 Å². The molecule has 1 saturated heterocycles. The minimum Gasteiger partial charge on any atom is -0.497 e. The number of carbonyl (C=O) groups excluding carboxylic acids is 1. The monoisotopic (exact) mass is 475 g/mol. The number of aromatic nitrogens is 4. The maximum absolute atomic E-state index is 12.6. The van der Waals surface area contributed by atoms with Gasteiger partial charge in [0.25, 0.3) is 0 Å². The molecule has 1 fully saturated rings. The zero-order chi connectivity index (χ0) is 24.7. The fraction of sp³-hybridized carbons (Fsp3) is 0.320. The van der Waals surface area contributed by atoms with E-state index in [2.05, 4.69) is 15.1 Å². The van der Waals surface area contributed by atoms with Gasteiger partial charge in [0.05, 0.1) is 24.1 Å². The van der Waals surface area contributed by atoms with Crippen LogP contribution in [0.15, 0.2) is 56.6 Å². The first-order valence-corrected chi connectivity index (χ1v) is 11.4. The molecular formula is C25H25N5O5. The number of rotatable bonds is 6. The number of hydrogen-bond donors (Lipinski definition) is 1. The molecule has 0 aliphatic carbocycles. The van der Waals surface area contributed by atoms with Crippen molar-refractivity contribution in [2.45, 2.75) is 32.7 Å². The molecule has 0 radical (unpaired) electrons. The molecule has 2 aromatic carbocycles. The number of carbonyl (C=O) groups is 1. The van der Waals surface area contributed by atoms with Crippen LogP contribution < -0.4 is 20.8 Å². The molecule has 1 amide bonds. The molecule has 10 heteroatoms. The predicted octanol–water partition coefficient (Wildman–Crippen LogP) is 2.92. The Kier molecular flexibility index (Phi) is 5.72. The highest BCUT2D eigenvalue weighted by Crippen LogP contribution is 2.33. The summed E-state index contributed by atoms with van der Waals surface area (Å²) in [5.74, 6) is 1.39. The number of aromatic amines is 1. The standard InChI is InChI=1S/C25H25N5O5/c1-14(2)12-30-20-9-4-15(10-19(20)26-23(32)25(30)33)22-27-24(35-28-22)16-11-21(31)29(13-16)17-5-7-18(34-3)8-6-17/h4-10,14,16H,11-13H2,1-3H3,(H,26,32). The second-order valence-electron chi connectivity index (χ2n) is 9.06. The molecule has 1 aliphatic heterocycles. The van der Waals surface area contributed by atoms with Crippen LogP contribution >= 0.6 is 0 Å². The lowest BCUT2D eigenvalue weighted by atomic mass is 10.1. The molecule has 0 spiro atoms. The number of anilines is 1. The average Bonchev–Trinajstić information content (AvgIpc) is 3.48. The van der Waals surface area contributed by atoms with Crippen molar-refractivity contribution in [2.24, 2.45) is 5.92 Å². The molecule has 5 rings (SSSR count). The summed E-state index contributed by atoms with van der Waals surface area (Å²) in [6.07, 6.45) is 0.264. The smallest absolute Gasteiger partial charge is 0.316 e. The lowest BCUT2D eigenvalue weighted by Gasteiger charge is -2.16. The van der Waals surface area contributed by atoms with Crippen LogP contribution in [0.1, 0.15) is 32.1 Å². The van der Waals surface area contributed by atoms with Crippen LogP contribution in [0.2, 0.25) is 0 Å². The highest BCUT2D eigenvalue weighted by atomic mass is 16.5. The molecule has 0 saturated carbocycles. The van der Waals surface area contributed by atoms with E-state index in [4.69, 9.17) is 9.26 Å². The van der Waals surface area contributed by atoms with Crippen molar-refractivity contribution in [1.29, 1.82) is 0 Å².